The number of aldehydes is 1. The Morgan fingerprint density at radius 1 is 1.21 bits per heavy atom. The molecule has 2 rings (SSSR count). The van der Waals surface area contributed by atoms with Crippen LogP contribution >= 0.6 is 0 Å². The maximum atomic E-state index is 10.7. The number of aromatic nitrogens is 1. The van der Waals surface area contributed by atoms with Crippen molar-refractivity contribution in [3.63, 3.8) is 0 Å². The van der Waals surface area contributed by atoms with Gasteiger partial charge in [0.15, 0.2) is 0 Å². The second-order valence-corrected chi connectivity index (χ2v) is 4.77. The van der Waals surface area contributed by atoms with Gasteiger partial charge in [0.1, 0.15) is 12.0 Å². The Labute approximate surface area is 113 Å². The summed E-state index contributed by atoms with van der Waals surface area (Å²) in [5.74, 6) is 0.756. The summed E-state index contributed by atoms with van der Waals surface area (Å²) in [7, 11) is 0. The molecule has 0 saturated carbocycles. The number of carbonyl (C=O) groups excluding carboxylic acids is 1. The Bertz CT molecular complexity index is 591. The summed E-state index contributed by atoms with van der Waals surface area (Å²) in [5.41, 5.74) is 3.79. The Hall–Kier alpha value is -2.16. The highest BCUT2D eigenvalue weighted by atomic mass is 16.5. The molecule has 19 heavy (non-hydrogen) atoms. The molecule has 0 unspecified atom stereocenters. The highest BCUT2D eigenvalue weighted by Gasteiger charge is 2.06. The molecule has 0 saturated heterocycles. The Morgan fingerprint density at radius 2 is 2.00 bits per heavy atom. The second kappa shape index (κ2) is 5.65. The fourth-order valence-corrected chi connectivity index (χ4v) is 1.99. The van der Waals surface area contributed by atoms with Crippen LogP contribution in [0.5, 0.6) is 5.75 Å². The highest BCUT2D eigenvalue weighted by Crippen LogP contribution is 2.26. The molecule has 0 aliphatic carbocycles. The SMILES string of the molecule is Cc1cc(C=O)ccc1-c1cncc(OC(C)C)c1. The average molecular weight is 255 g/mol. The fraction of sp³-hybridized carbons (Fsp3) is 0.250. The van der Waals surface area contributed by atoms with E-state index >= 15 is 0 Å². The summed E-state index contributed by atoms with van der Waals surface area (Å²) in [6, 6.07) is 7.59. The largest absolute Gasteiger partial charge is 0.489 e. The molecule has 1 heterocycles. The van der Waals surface area contributed by atoms with E-state index in [2.05, 4.69) is 4.98 Å². The van der Waals surface area contributed by atoms with Crippen LogP contribution in [-0.4, -0.2) is 17.4 Å². The van der Waals surface area contributed by atoms with Gasteiger partial charge in [0.05, 0.1) is 12.3 Å². The minimum atomic E-state index is 0.121. The van der Waals surface area contributed by atoms with Crippen LogP contribution in [0.25, 0.3) is 11.1 Å². The predicted octanol–water partition coefficient (Wildman–Crippen LogP) is 3.66. The van der Waals surface area contributed by atoms with E-state index in [1.165, 1.54) is 0 Å². The van der Waals surface area contributed by atoms with Crippen molar-refractivity contribution in [1.82, 2.24) is 4.98 Å². The molecule has 0 radical (unpaired) electrons. The lowest BCUT2D eigenvalue weighted by Gasteiger charge is -2.11. The minimum absolute atomic E-state index is 0.121. The third-order valence-corrected chi connectivity index (χ3v) is 2.78. The van der Waals surface area contributed by atoms with Crippen LogP contribution in [0.4, 0.5) is 0 Å². The zero-order valence-electron chi connectivity index (χ0n) is 11.4. The number of aryl methyl sites for hydroxylation is 1. The smallest absolute Gasteiger partial charge is 0.150 e. The lowest BCUT2D eigenvalue weighted by molar-refractivity contribution is 0.112. The molecule has 0 bridgehead atoms. The van der Waals surface area contributed by atoms with Crippen LogP contribution in [0.2, 0.25) is 0 Å². The number of nitrogens with zero attached hydrogens (tertiary/aromatic N) is 1. The number of rotatable bonds is 4. The third-order valence-electron chi connectivity index (χ3n) is 2.78. The molecule has 0 aliphatic rings. The van der Waals surface area contributed by atoms with Crippen LogP contribution in [0, 0.1) is 6.92 Å². The number of benzene rings is 1. The van der Waals surface area contributed by atoms with Crippen molar-refractivity contribution in [3.05, 3.63) is 47.8 Å². The topological polar surface area (TPSA) is 39.2 Å². The van der Waals surface area contributed by atoms with Gasteiger partial charge in [0.2, 0.25) is 0 Å². The van der Waals surface area contributed by atoms with Gasteiger partial charge < -0.3 is 4.74 Å². The summed E-state index contributed by atoms with van der Waals surface area (Å²) in [6.45, 7) is 5.95. The molecule has 3 heteroatoms. The monoisotopic (exact) mass is 255 g/mol. The standard InChI is InChI=1S/C16H17NO2/c1-11(2)19-15-7-14(8-17-9-15)16-5-4-13(10-18)6-12(16)3/h4-11H,1-3H3. The normalized spacial score (nSPS) is 10.5. The molecule has 1 aromatic carbocycles. The molecule has 0 aliphatic heterocycles. The van der Waals surface area contributed by atoms with Gasteiger partial charge in [0.25, 0.3) is 0 Å². The van der Waals surface area contributed by atoms with Crippen molar-refractivity contribution in [2.45, 2.75) is 26.9 Å². The van der Waals surface area contributed by atoms with E-state index in [1.54, 1.807) is 12.4 Å². The number of hydrogen-bond donors (Lipinski definition) is 0. The first kappa shape index (κ1) is 13.3. The van der Waals surface area contributed by atoms with Crippen molar-refractivity contribution < 1.29 is 9.53 Å². The Morgan fingerprint density at radius 3 is 2.63 bits per heavy atom. The Balaban J connectivity index is 2.38. The molecule has 98 valence electrons. The first-order valence-electron chi connectivity index (χ1n) is 6.28. The first-order chi connectivity index (χ1) is 9.10. The van der Waals surface area contributed by atoms with E-state index in [9.17, 15) is 4.79 Å². The van der Waals surface area contributed by atoms with Gasteiger partial charge in [0, 0.05) is 17.3 Å². The fourth-order valence-electron chi connectivity index (χ4n) is 1.99. The number of pyridine rings is 1. The van der Waals surface area contributed by atoms with Gasteiger partial charge >= 0.3 is 0 Å². The Kier molecular flexibility index (Phi) is 3.95. The third kappa shape index (κ3) is 3.19. The zero-order chi connectivity index (χ0) is 13.8. The molecular weight excluding hydrogens is 238 g/mol. The summed E-state index contributed by atoms with van der Waals surface area (Å²) < 4.78 is 5.64. The molecule has 0 N–H and O–H groups in total. The van der Waals surface area contributed by atoms with Crippen LogP contribution in [-0.2, 0) is 0 Å². The summed E-state index contributed by atoms with van der Waals surface area (Å²) >= 11 is 0. The maximum Gasteiger partial charge on any atom is 0.150 e. The van der Waals surface area contributed by atoms with Crippen molar-refractivity contribution in [2.24, 2.45) is 0 Å². The highest BCUT2D eigenvalue weighted by molar-refractivity contribution is 5.78. The molecule has 1 aromatic heterocycles. The zero-order valence-corrected chi connectivity index (χ0v) is 11.4. The van der Waals surface area contributed by atoms with Crippen molar-refractivity contribution in [2.75, 3.05) is 0 Å². The van der Waals surface area contributed by atoms with Gasteiger partial charge in [-0.3, -0.25) is 9.78 Å². The van der Waals surface area contributed by atoms with E-state index in [0.717, 1.165) is 28.7 Å². The van der Waals surface area contributed by atoms with E-state index in [0.29, 0.717) is 5.56 Å². The summed E-state index contributed by atoms with van der Waals surface area (Å²) in [6.07, 6.45) is 4.48. The van der Waals surface area contributed by atoms with E-state index < -0.39 is 0 Å². The van der Waals surface area contributed by atoms with Crippen molar-refractivity contribution in [3.8, 4) is 16.9 Å². The average Bonchev–Trinajstić information content (AvgIpc) is 2.38. The van der Waals surface area contributed by atoms with Crippen LogP contribution in [0.15, 0.2) is 36.7 Å². The lowest BCUT2D eigenvalue weighted by atomic mass is 10.00. The van der Waals surface area contributed by atoms with Crippen molar-refractivity contribution in [1.29, 1.82) is 0 Å². The molecule has 3 nitrogen and oxygen atoms in total. The molecule has 0 amide bonds. The number of ether oxygens (including phenoxy) is 1. The van der Waals surface area contributed by atoms with Crippen LogP contribution < -0.4 is 4.74 Å². The van der Waals surface area contributed by atoms with Gasteiger partial charge in [-0.1, -0.05) is 12.1 Å². The second-order valence-electron chi connectivity index (χ2n) is 4.77. The quantitative estimate of drug-likeness (QED) is 0.783. The molecular formula is C16H17NO2. The number of carbonyl (C=O) groups is 1. The van der Waals surface area contributed by atoms with Crippen molar-refractivity contribution >= 4 is 6.29 Å². The summed E-state index contributed by atoms with van der Waals surface area (Å²) in [5, 5.41) is 0. The molecule has 0 spiro atoms. The number of hydrogen-bond acceptors (Lipinski definition) is 3. The minimum Gasteiger partial charge on any atom is -0.489 e. The van der Waals surface area contributed by atoms with E-state index in [1.807, 2.05) is 45.0 Å². The van der Waals surface area contributed by atoms with E-state index in [-0.39, 0.29) is 6.10 Å². The first-order valence-corrected chi connectivity index (χ1v) is 6.28. The van der Waals surface area contributed by atoms with Gasteiger partial charge in [-0.2, -0.15) is 0 Å². The van der Waals surface area contributed by atoms with Crippen LogP contribution in [0.3, 0.4) is 0 Å². The summed E-state index contributed by atoms with van der Waals surface area (Å²) in [4.78, 5) is 15.0. The van der Waals surface area contributed by atoms with E-state index in [4.69, 9.17) is 4.74 Å². The van der Waals surface area contributed by atoms with Gasteiger partial charge in [-0.15, -0.1) is 0 Å². The van der Waals surface area contributed by atoms with Gasteiger partial charge in [-0.25, -0.2) is 0 Å². The van der Waals surface area contributed by atoms with Gasteiger partial charge in [-0.05, 0) is 44.0 Å². The maximum absolute atomic E-state index is 10.7. The molecule has 0 atom stereocenters. The predicted molar refractivity (Wildman–Crippen MR) is 75.6 cm³/mol. The molecule has 0 fully saturated rings. The lowest BCUT2D eigenvalue weighted by Crippen LogP contribution is -2.05. The molecule has 2 aromatic rings. The van der Waals surface area contributed by atoms with Crippen LogP contribution in [0.1, 0.15) is 29.8 Å².